The van der Waals surface area contributed by atoms with E-state index in [-0.39, 0.29) is 0 Å². The highest BCUT2D eigenvalue weighted by atomic mass is 16.5. The quantitative estimate of drug-likeness (QED) is 0.588. The lowest BCUT2D eigenvalue weighted by Gasteiger charge is -2.32. The second-order valence-corrected chi connectivity index (χ2v) is 7.86. The van der Waals surface area contributed by atoms with Gasteiger partial charge in [-0.05, 0) is 29.7 Å². The van der Waals surface area contributed by atoms with Gasteiger partial charge >= 0.3 is 0 Å². The summed E-state index contributed by atoms with van der Waals surface area (Å²) in [6.07, 6.45) is 1.19. The number of nitrogens with one attached hydrogen (secondary N) is 1. The summed E-state index contributed by atoms with van der Waals surface area (Å²) in [5.41, 5.74) is 2.39. The molecule has 2 fully saturated rings. The molecule has 1 unspecified atom stereocenters. The number of nitrogens with zero attached hydrogens (tertiary/aromatic N) is 3. The van der Waals surface area contributed by atoms with Crippen molar-refractivity contribution in [2.45, 2.75) is 25.6 Å². The predicted molar refractivity (Wildman–Crippen MR) is 120 cm³/mol. The maximum atomic E-state index is 5.88. The molecule has 2 aliphatic heterocycles. The van der Waals surface area contributed by atoms with Crippen LogP contribution in [-0.4, -0.2) is 68.2 Å². The molecule has 30 heavy (non-hydrogen) atoms. The summed E-state index contributed by atoms with van der Waals surface area (Å²) >= 11 is 0. The first kappa shape index (κ1) is 20.7. The number of ether oxygens (including phenoxy) is 2. The van der Waals surface area contributed by atoms with Crippen molar-refractivity contribution < 1.29 is 9.47 Å². The molecule has 1 N–H and O–H groups in total. The Kier molecular flexibility index (Phi) is 7.21. The lowest BCUT2D eigenvalue weighted by atomic mass is 10.2. The van der Waals surface area contributed by atoms with Crippen molar-refractivity contribution in [1.29, 1.82) is 0 Å². The number of benzene rings is 2. The van der Waals surface area contributed by atoms with Gasteiger partial charge in [0.1, 0.15) is 12.4 Å². The van der Waals surface area contributed by atoms with Gasteiger partial charge in [-0.15, -0.1) is 0 Å². The molecule has 6 heteroatoms. The molecule has 2 heterocycles. The van der Waals surface area contributed by atoms with E-state index in [1.54, 1.807) is 0 Å². The molecule has 0 aromatic heterocycles. The van der Waals surface area contributed by atoms with Crippen LogP contribution in [0, 0.1) is 0 Å². The van der Waals surface area contributed by atoms with Gasteiger partial charge in [-0.25, -0.2) is 0 Å². The SMILES string of the molecule is CN=C(NCc1ccc(OCc2ccccc2)cc1)N1CCC(N2CCOCC2)C1. The van der Waals surface area contributed by atoms with E-state index >= 15 is 0 Å². The average molecular weight is 409 g/mol. The van der Waals surface area contributed by atoms with Gasteiger partial charge in [0.15, 0.2) is 5.96 Å². The third-order valence-corrected chi connectivity index (χ3v) is 5.86. The molecule has 0 saturated carbocycles. The van der Waals surface area contributed by atoms with Gasteiger partial charge in [0.25, 0.3) is 0 Å². The van der Waals surface area contributed by atoms with Crippen LogP contribution >= 0.6 is 0 Å². The van der Waals surface area contributed by atoms with E-state index in [0.717, 1.165) is 57.6 Å². The Labute approximate surface area is 179 Å². The van der Waals surface area contributed by atoms with Crippen molar-refractivity contribution in [3.8, 4) is 5.75 Å². The minimum atomic E-state index is 0.588. The fourth-order valence-electron chi connectivity index (χ4n) is 4.13. The Morgan fingerprint density at radius 3 is 2.53 bits per heavy atom. The normalized spacial score (nSPS) is 20.4. The minimum Gasteiger partial charge on any atom is -0.489 e. The van der Waals surface area contributed by atoms with Crippen LogP contribution in [0.3, 0.4) is 0 Å². The van der Waals surface area contributed by atoms with Crippen LogP contribution in [0.25, 0.3) is 0 Å². The molecule has 0 spiro atoms. The zero-order chi connectivity index (χ0) is 20.6. The molecular weight excluding hydrogens is 376 g/mol. The smallest absolute Gasteiger partial charge is 0.193 e. The summed E-state index contributed by atoms with van der Waals surface area (Å²) in [6, 6.07) is 19.1. The molecule has 1 atom stereocenters. The highest BCUT2D eigenvalue weighted by molar-refractivity contribution is 5.80. The van der Waals surface area contributed by atoms with Gasteiger partial charge in [-0.3, -0.25) is 9.89 Å². The second kappa shape index (κ2) is 10.5. The van der Waals surface area contributed by atoms with E-state index in [1.165, 1.54) is 17.5 Å². The third kappa shape index (κ3) is 5.52. The number of hydrogen-bond donors (Lipinski definition) is 1. The Morgan fingerprint density at radius 1 is 1.03 bits per heavy atom. The first-order valence-corrected chi connectivity index (χ1v) is 10.8. The third-order valence-electron chi connectivity index (χ3n) is 5.86. The van der Waals surface area contributed by atoms with Gasteiger partial charge in [0.05, 0.1) is 13.2 Å². The number of morpholine rings is 1. The number of aliphatic imine (C=N–C) groups is 1. The van der Waals surface area contributed by atoms with Crippen LogP contribution in [-0.2, 0) is 17.9 Å². The molecule has 4 rings (SSSR count). The van der Waals surface area contributed by atoms with Crippen molar-refractivity contribution >= 4 is 5.96 Å². The predicted octanol–water partition coefficient (Wildman–Crippen LogP) is 2.75. The van der Waals surface area contributed by atoms with Gasteiger partial charge in [0, 0.05) is 45.8 Å². The molecule has 2 aromatic rings. The van der Waals surface area contributed by atoms with Gasteiger partial charge in [-0.1, -0.05) is 42.5 Å². The van der Waals surface area contributed by atoms with Crippen molar-refractivity contribution in [2.24, 2.45) is 4.99 Å². The molecule has 0 amide bonds. The molecule has 0 bridgehead atoms. The summed E-state index contributed by atoms with van der Waals surface area (Å²) < 4.78 is 11.4. The summed E-state index contributed by atoms with van der Waals surface area (Å²) in [5.74, 6) is 1.87. The molecule has 6 nitrogen and oxygen atoms in total. The van der Waals surface area contributed by atoms with Crippen LogP contribution in [0.4, 0.5) is 0 Å². The summed E-state index contributed by atoms with van der Waals surface area (Å²) in [7, 11) is 1.87. The molecule has 0 aliphatic carbocycles. The topological polar surface area (TPSA) is 49.3 Å². The van der Waals surface area contributed by atoms with E-state index in [0.29, 0.717) is 12.6 Å². The largest absolute Gasteiger partial charge is 0.489 e. The van der Waals surface area contributed by atoms with Crippen molar-refractivity contribution in [3.05, 3.63) is 65.7 Å². The van der Waals surface area contributed by atoms with E-state index in [2.05, 4.69) is 44.4 Å². The van der Waals surface area contributed by atoms with Gasteiger partial charge < -0.3 is 19.7 Å². The lowest BCUT2D eigenvalue weighted by Crippen LogP contribution is -2.46. The van der Waals surface area contributed by atoms with E-state index in [9.17, 15) is 0 Å². The van der Waals surface area contributed by atoms with E-state index < -0.39 is 0 Å². The van der Waals surface area contributed by atoms with Crippen LogP contribution in [0.15, 0.2) is 59.6 Å². The van der Waals surface area contributed by atoms with Crippen LogP contribution in [0.5, 0.6) is 5.75 Å². The van der Waals surface area contributed by atoms with Crippen LogP contribution < -0.4 is 10.1 Å². The van der Waals surface area contributed by atoms with E-state index in [4.69, 9.17) is 9.47 Å². The van der Waals surface area contributed by atoms with Crippen molar-refractivity contribution in [1.82, 2.24) is 15.1 Å². The number of hydrogen-bond acceptors (Lipinski definition) is 4. The maximum Gasteiger partial charge on any atom is 0.193 e. The maximum absolute atomic E-state index is 5.88. The van der Waals surface area contributed by atoms with Crippen LogP contribution in [0.2, 0.25) is 0 Å². The van der Waals surface area contributed by atoms with Crippen molar-refractivity contribution in [3.63, 3.8) is 0 Å². The highest BCUT2D eigenvalue weighted by Crippen LogP contribution is 2.18. The summed E-state index contributed by atoms with van der Waals surface area (Å²) in [6.45, 7) is 7.23. The fourth-order valence-corrected chi connectivity index (χ4v) is 4.13. The zero-order valence-electron chi connectivity index (χ0n) is 17.8. The van der Waals surface area contributed by atoms with E-state index in [1.807, 2.05) is 37.4 Å². The highest BCUT2D eigenvalue weighted by Gasteiger charge is 2.30. The fraction of sp³-hybridized carbons (Fsp3) is 0.458. The Hall–Kier alpha value is -2.57. The van der Waals surface area contributed by atoms with Crippen LogP contribution in [0.1, 0.15) is 17.5 Å². The Balaban J connectivity index is 1.24. The first-order valence-electron chi connectivity index (χ1n) is 10.8. The van der Waals surface area contributed by atoms with Crippen molar-refractivity contribution in [2.75, 3.05) is 46.4 Å². The molecular formula is C24H32N4O2. The molecule has 2 aromatic carbocycles. The zero-order valence-corrected chi connectivity index (χ0v) is 17.8. The van der Waals surface area contributed by atoms with Gasteiger partial charge in [0.2, 0.25) is 0 Å². The second-order valence-electron chi connectivity index (χ2n) is 7.86. The molecule has 0 radical (unpaired) electrons. The average Bonchev–Trinajstić information content (AvgIpc) is 3.30. The first-order chi connectivity index (χ1) is 14.8. The Morgan fingerprint density at radius 2 is 1.80 bits per heavy atom. The number of guanidine groups is 1. The summed E-state index contributed by atoms with van der Waals surface area (Å²) in [4.78, 5) is 9.44. The monoisotopic (exact) mass is 408 g/mol. The molecule has 2 aliphatic rings. The standard InChI is InChI=1S/C24H32N4O2/c1-25-24(28-12-11-22(18-28)27-13-15-29-16-14-27)26-17-20-7-9-23(10-8-20)30-19-21-5-3-2-4-6-21/h2-10,22H,11-19H2,1H3,(H,25,26). The summed E-state index contributed by atoms with van der Waals surface area (Å²) in [5, 5.41) is 3.52. The molecule has 160 valence electrons. The van der Waals surface area contributed by atoms with Gasteiger partial charge in [-0.2, -0.15) is 0 Å². The molecule has 2 saturated heterocycles. The Bertz CT molecular complexity index is 804. The number of likely N-dealkylation sites (tertiary alicyclic amines) is 1. The minimum absolute atomic E-state index is 0.588. The lowest BCUT2D eigenvalue weighted by molar-refractivity contribution is 0.0195. The number of rotatable bonds is 6.